The third kappa shape index (κ3) is 34.3. The molecular formula is C133H234. The van der Waals surface area contributed by atoms with Crippen LogP contribution in [0, 0.1) is 75.8 Å². The molecule has 0 N–H and O–H groups in total. The number of benzene rings is 4. The topological polar surface area (TPSA) is 0 Å². The van der Waals surface area contributed by atoms with E-state index in [0.29, 0.717) is 97.5 Å². The molecule has 8 aliphatic rings. The average Bonchev–Trinajstić information content (AvgIpc) is 1.71. The molecule has 0 bridgehead atoms. The van der Waals surface area contributed by atoms with Crippen molar-refractivity contribution in [1.82, 2.24) is 0 Å². The van der Waals surface area contributed by atoms with Gasteiger partial charge in [0.2, 0.25) is 0 Å². The Balaban J connectivity index is 0.000000270. The van der Waals surface area contributed by atoms with E-state index < -0.39 is 0 Å². The van der Waals surface area contributed by atoms with Gasteiger partial charge in [-0.25, -0.2) is 0 Å². The minimum absolute atomic E-state index is 0.329. The SMILES string of the molecule is CC(C)(C)CCCC(C)(C)C1(C)CCCC1.CC(C)(C)CCC[C@](C)(c1ccccc1)C1(C)CCCC1.CCCCC[C@](C)(c1ccccc1)C1(C)CCCC1.CCCCC[C@](C)(c1ccccc1)C1(C)CCCC1.CCCCC[C@](C)(c1ccccc1)C1(C)CCCC1.CCCCC[C@]1(C)CCCC1(C)C.CCCCC[C@]1(C)CCCC1(C)C.CCCCC[C@]1(C)CCCC1(C)C. The Morgan fingerprint density at radius 3 is 0.564 bits per heavy atom. The van der Waals surface area contributed by atoms with Crippen molar-refractivity contribution < 1.29 is 0 Å². The van der Waals surface area contributed by atoms with Gasteiger partial charge in [-0.3, -0.25) is 0 Å². The van der Waals surface area contributed by atoms with E-state index in [-0.39, 0.29) is 0 Å². The fourth-order valence-electron chi connectivity index (χ4n) is 28.0. The largest absolute Gasteiger partial charge is 0.0654 e. The Morgan fingerprint density at radius 1 is 0.188 bits per heavy atom. The second-order valence-electron chi connectivity index (χ2n) is 55.0. The maximum atomic E-state index is 2.55. The molecule has 8 fully saturated rings. The van der Waals surface area contributed by atoms with Gasteiger partial charge in [0.25, 0.3) is 0 Å². The maximum Gasteiger partial charge on any atom is -0.00215 e. The molecule has 766 valence electrons. The lowest BCUT2D eigenvalue weighted by atomic mass is 9.58. The first kappa shape index (κ1) is 120. The van der Waals surface area contributed by atoms with Crippen molar-refractivity contribution >= 4 is 0 Å². The number of hydrogen-bond donors (Lipinski definition) is 0. The highest BCUT2D eigenvalue weighted by atomic mass is 14.6. The second-order valence-corrected chi connectivity index (χ2v) is 55.0. The van der Waals surface area contributed by atoms with Crippen molar-refractivity contribution in [3.05, 3.63) is 144 Å². The van der Waals surface area contributed by atoms with E-state index >= 15 is 0 Å². The average molecular weight is 1830 g/mol. The van der Waals surface area contributed by atoms with Crippen molar-refractivity contribution in [2.75, 3.05) is 0 Å². The van der Waals surface area contributed by atoms with Gasteiger partial charge in [-0.2, -0.15) is 0 Å². The van der Waals surface area contributed by atoms with Gasteiger partial charge in [-0.1, -0.05) is 555 Å². The fraction of sp³-hybridized carbons (Fsp3) is 0.820. The Bertz CT molecular complexity index is 3370. The lowest BCUT2D eigenvalue weighted by Crippen LogP contribution is -2.39. The molecule has 0 heterocycles. The van der Waals surface area contributed by atoms with Crippen LogP contribution >= 0.6 is 0 Å². The van der Waals surface area contributed by atoms with E-state index in [1.54, 1.807) is 22.3 Å². The molecule has 0 aliphatic heterocycles. The predicted molar refractivity (Wildman–Crippen MR) is 601 cm³/mol. The Hall–Kier alpha value is -3.12. The first-order valence-corrected chi connectivity index (χ1v) is 58.6. The van der Waals surface area contributed by atoms with Crippen molar-refractivity contribution in [2.24, 2.45) is 75.8 Å². The van der Waals surface area contributed by atoms with Crippen LogP contribution in [-0.4, -0.2) is 0 Å². The van der Waals surface area contributed by atoms with Gasteiger partial charge in [-0.05, 0) is 287 Å². The summed E-state index contributed by atoms with van der Waals surface area (Å²) in [5.74, 6) is 0. The van der Waals surface area contributed by atoms with E-state index in [2.05, 4.69) is 343 Å². The monoisotopic (exact) mass is 1830 g/mol. The van der Waals surface area contributed by atoms with Crippen LogP contribution in [0.1, 0.15) is 623 Å². The van der Waals surface area contributed by atoms with E-state index in [0.717, 1.165) is 0 Å². The zero-order valence-electron chi connectivity index (χ0n) is 96.3. The molecule has 0 saturated heterocycles. The lowest BCUT2D eigenvalue weighted by molar-refractivity contribution is 0.0787. The molecule has 0 nitrogen and oxygen atoms in total. The smallest absolute Gasteiger partial charge is 0.00215 e. The summed E-state index contributed by atoms with van der Waals surface area (Å²) in [7, 11) is 0. The normalized spacial score (nSPS) is 24.5. The van der Waals surface area contributed by atoms with Crippen LogP contribution in [0.4, 0.5) is 0 Å². The standard InChI is InChI=1S/C21H34.3C19H30.C16H32.3C13H26/c1-19(2,3)14-11-17-21(5,18-12-7-6-8-13-18)20(4)15-9-10-16-20;3*1-4-5-9-16-19(3,17-12-7-6-8-13-17)18(2)14-10-11-15-18;1-14(2,3)10-9-11-15(4,5)16(6)12-7-8-13-16;3*1-5-6-7-10-13(4)11-8-9-12(13,2)3/h6-8,12-13H,9-11,14-17H2,1-5H3;3*6-8,12-13H,4-5,9-11,14-16H2,1-3H3;7-13H2,1-6H3;3*5-11H2,1-4H3/t21-;3*19-;;3*13-/m1111.111/s1. The highest BCUT2D eigenvalue weighted by molar-refractivity contribution is 5.32. The summed E-state index contributed by atoms with van der Waals surface area (Å²) < 4.78 is 0. The van der Waals surface area contributed by atoms with Crippen LogP contribution in [0.25, 0.3) is 0 Å². The molecule has 4 aromatic rings. The van der Waals surface area contributed by atoms with Gasteiger partial charge >= 0.3 is 0 Å². The lowest BCUT2D eigenvalue weighted by Gasteiger charge is -2.46. The number of rotatable bonds is 39. The first-order chi connectivity index (χ1) is 62.4. The van der Waals surface area contributed by atoms with Gasteiger partial charge in [0, 0.05) is 0 Å². The molecule has 0 unspecified atom stereocenters. The zero-order chi connectivity index (χ0) is 99.2. The molecule has 8 saturated carbocycles. The van der Waals surface area contributed by atoms with Gasteiger partial charge in [0.15, 0.2) is 0 Å². The maximum absolute atomic E-state index is 2.55. The number of unbranched alkanes of at least 4 members (excludes halogenated alkanes) is 12. The van der Waals surface area contributed by atoms with Crippen molar-refractivity contribution in [2.45, 2.75) is 622 Å². The Kier molecular flexibility index (Phi) is 49.7. The molecule has 0 spiro atoms. The second kappa shape index (κ2) is 54.9. The summed E-state index contributed by atoms with van der Waals surface area (Å²) in [6.07, 6.45) is 82.9. The molecule has 0 amide bonds. The minimum Gasteiger partial charge on any atom is -0.0654 e. The van der Waals surface area contributed by atoms with Crippen LogP contribution in [0.2, 0.25) is 0 Å². The molecule has 0 radical (unpaired) electrons. The highest BCUT2D eigenvalue weighted by Crippen LogP contribution is 2.62. The van der Waals surface area contributed by atoms with E-state index in [1.165, 1.54) is 379 Å². The zero-order valence-corrected chi connectivity index (χ0v) is 96.3. The van der Waals surface area contributed by atoms with Gasteiger partial charge < -0.3 is 0 Å². The Labute approximate surface area is 835 Å². The molecule has 12 rings (SSSR count). The van der Waals surface area contributed by atoms with Crippen LogP contribution in [-0.2, 0) is 21.7 Å². The van der Waals surface area contributed by atoms with Crippen molar-refractivity contribution in [1.29, 1.82) is 0 Å². The molecular weight excluding hydrogens is 1600 g/mol. The molecule has 0 aromatic heterocycles. The summed E-state index contributed by atoms with van der Waals surface area (Å²) in [4.78, 5) is 0. The third-order valence-corrected chi connectivity index (χ3v) is 41.8. The number of hydrogen-bond acceptors (Lipinski definition) is 0. The quantitative estimate of drug-likeness (QED) is 0.0391. The molecule has 8 aliphatic carbocycles. The molecule has 7 atom stereocenters. The third-order valence-electron chi connectivity index (χ3n) is 41.8. The van der Waals surface area contributed by atoms with Gasteiger partial charge in [0.1, 0.15) is 0 Å². The molecule has 4 aromatic carbocycles. The fourth-order valence-corrected chi connectivity index (χ4v) is 28.0. The summed E-state index contributed by atoms with van der Waals surface area (Å²) in [5, 5.41) is 0. The van der Waals surface area contributed by atoms with Crippen LogP contribution < -0.4 is 0 Å². The predicted octanol–water partition coefficient (Wildman–Crippen LogP) is 45.2. The van der Waals surface area contributed by atoms with E-state index in [9.17, 15) is 0 Å². The molecule has 133 heavy (non-hydrogen) atoms. The first-order valence-electron chi connectivity index (χ1n) is 58.6. The summed E-state index contributed by atoms with van der Waals surface area (Å²) in [5.41, 5.74) is 15.5. The van der Waals surface area contributed by atoms with Gasteiger partial charge in [0.05, 0.1) is 0 Å². The summed E-state index contributed by atoms with van der Waals surface area (Å²) in [6, 6.07) is 45.2. The Morgan fingerprint density at radius 2 is 0.376 bits per heavy atom. The van der Waals surface area contributed by atoms with E-state index in [4.69, 9.17) is 0 Å². The van der Waals surface area contributed by atoms with Crippen LogP contribution in [0.15, 0.2) is 121 Å². The van der Waals surface area contributed by atoms with Gasteiger partial charge in [-0.15, -0.1) is 0 Å². The van der Waals surface area contributed by atoms with Crippen LogP contribution in [0.3, 0.4) is 0 Å². The van der Waals surface area contributed by atoms with Crippen molar-refractivity contribution in [3.63, 3.8) is 0 Å². The van der Waals surface area contributed by atoms with E-state index in [1.807, 2.05) is 0 Å². The summed E-state index contributed by atoms with van der Waals surface area (Å²) >= 11 is 0. The highest BCUT2D eigenvalue weighted by Gasteiger charge is 2.53. The van der Waals surface area contributed by atoms with Crippen LogP contribution in [0.5, 0.6) is 0 Å². The minimum atomic E-state index is 0.329. The molecule has 0 heteroatoms. The summed E-state index contributed by atoms with van der Waals surface area (Å²) in [6.45, 7) is 78.1. The van der Waals surface area contributed by atoms with Crippen molar-refractivity contribution in [3.8, 4) is 0 Å².